The number of benzene rings is 3. The maximum Gasteiger partial charge on any atom is 0.432 e. The van der Waals surface area contributed by atoms with Gasteiger partial charge < -0.3 is 4.90 Å². The highest BCUT2D eigenvalue weighted by Gasteiger charge is 2.33. The normalized spacial score (nSPS) is 12.4. The summed E-state index contributed by atoms with van der Waals surface area (Å²) in [7, 11) is 0. The van der Waals surface area contributed by atoms with Crippen LogP contribution in [0.2, 0.25) is 0 Å². The highest BCUT2D eigenvalue weighted by molar-refractivity contribution is 5.78. The summed E-state index contributed by atoms with van der Waals surface area (Å²) in [5, 5.41) is 5.80. The van der Waals surface area contributed by atoms with Gasteiger partial charge in [0.1, 0.15) is 11.4 Å². The summed E-state index contributed by atoms with van der Waals surface area (Å²) in [6.45, 7) is 13.2. The Bertz CT molecular complexity index is 1580. The Kier molecular flexibility index (Phi) is 7.48. The van der Waals surface area contributed by atoms with E-state index in [1.54, 1.807) is 12.3 Å². The summed E-state index contributed by atoms with van der Waals surface area (Å²) in [6.07, 6.45) is -2.83. The van der Waals surface area contributed by atoms with Crippen molar-refractivity contribution < 1.29 is 13.2 Å². The Labute approximate surface area is 245 Å². The third kappa shape index (κ3) is 6.25. The van der Waals surface area contributed by atoms with Gasteiger partial charge in [-0.05, 0) is 76.1 Å². The largest absolute Gasteiger partial charge is 0.432 e. The molecule has 5 rings (SSSR count). The fourth-order valence-corrected chi connectivity index (χ4v) is 4.79. The standard InChI is InChI=1S/C35H35F3N4/c1-33(2,3)25-10-16-28(17-11-25)42(29-18-12-26(13-19-29)34(4,5)6)27-14-7-23(8-15-27)24-9-20-30(39-22-24)31-21-32(41-40-31)35(36,37)38/h7-22H,1-6H3,(H,40,41). The van der Waals surface area contributed by atoms with Gasteiger partial charge in [-0.15, -0.1) is 0 Å². The molecule has 216 valence electrons. The lowest BCUT2D eigenvalue weighted by Crippen LogP contribution is -2.14. The number of H-pyrrole nitrogens is 1. The van der Waals surface area contributed by atoms with E-state index in [0.29, 0.717) is 5.69 Å². The Morgan fingerprint density at radius 3 is 1.40 bits per heavy atom. The molecule has 0 unspecified atom stereocenters. The van der Waals surface area contributed by atoms with Crippen LogP contribution in [0.3, 0.4) is 0 Å². The Morgan fingerprint density at radius 1 is 0.571 bits per heavy atom. The number of aromatic nitrogens is 3. The van der Waals surface area contributed by atoms with Crippen LogP contribution in [0.4, 0.5) is 30.2 Å². The zero-order valence-corrected chi connectivity index (χ0v) is 24.7. The number of anilines is 3. The monoisotopic (exact) mass is 568 g/mol. The molecule has 0 atom stereocenters. The first kappa shape index (κ1) is 29.1. The van der Waals surface area contributed by atoms with Crippen molar-refractivity contribution in [1.82, 2.24) is 15.2 Å². The van der Waals surface area contributed by atoms with Gasteiger partial charge in [-0.3, -0.25) is 10.1 Å². The molecule has 0 aliphatic heterocycles. The van der Waals surface area contributed by atoms with Gasteiger partial charge in [0.05, 0.1) is 5.69 Å². The maximum absolute atomic E-state index is 12.9. The number of pyridine rings is 1. The third-order valence-electron chi connectivity index (χ3n) is 7.35. The first-order chi connectivity index (χ1) is 19.7. The lowest BCUT2D eigenvalue weighted by Gasteiger charge is -2.28. The van der Waals surface area contributed by atoms with Crippen molar-refractivity contribution in [2.45, 2.75) is 58.5 Å². The minimum Gasteiger partial charge on any atom is -0.311 e. The number of nitrogens with one attached hydrogen (secondary N) is 1. The lowest BCUT2D eigenvalue weighted by molar-refractivity contribution is -0.141. The van der Waals surface area contributed by atoms with Gasteiger partial charge in [-0.25, -0.2) is 0 Å². The molecule has 0 fully saturated rings. The molecule has 5 aromatic rings. The topological polar surface area (TPSA) is 44.8 Å². The van der Waals surface area contributed by atoms with E-state index in [1.165, 1.54) is 11.1 Å². The molecule has 0 spiro atoms. The van der Waals surface area contributed by atoms with Crippen molar-refractivity contribution in [1.29, 1.82) is 0 Å². The first-order valence-electron chi connectivity index (χ1n) is 13.9. The summed E-state index contributed by atoms with van der Waals surface area (Å²) in [5.74, 6) is 0. The van der Waals surface area contributed by atoms with Crippen LogP contribution in [0.5, 0.6) is 0 Å². The van der Waals surface area contributed by atoms with Crippen molar-refractivity contribution in [3.63, 3.8) is 0 Å². The smallest absolute Gasteiger partial charge is 0.311 e. The van der Waals surface area contributed by atoms with Crippen molar-refractivity contribution in [2.75, 3.05) is 4.90 Å². The second-order valence-corrected chi connectivity index (χ2v) is 12.6. The molecule has 4 nitrogen and oxygen atoms in total. The van der Waals surface area contributed by atoms with Crippen LogP contribution in [0.1, 0.15) is 58.4 Å². The van der Waals surface area contributed by atoms with Crippen molar-refractivity contribution in [3.8, 4) is 22.5 Å². The Morgan fingerprint density at radius 2 is 1.02 bits per heavy atom. The molecule has 2 heterocycles. The van der Waals surface area contributed by atoms with E-state index in [2.05, 4.69) is 117 Å². The number of nitrogens with zero attached hydrogens (tertiary/aromatic N) is 3. The Balaban J connectivity index is 1.45. The molecular weight excluding hydrogens is 533 g/mol. The van der Waals surface area contributed by atoms with Crippen LogP contribution in [0, 0.1) is 0 Å². The van der Waals surface area contributed by atoms with Gasteiger partial charge in [-0.1, -0.05) is 84.0 Å². The molecule has 42 heavy (non-hydrogen) atoms. The van der Waals surface area contributed by atoms with E-state index in [1.807, 2.05) is 23.3 Å². The van der Waals surface area contributed by atoms with E-state index in [4.69, 9.17) is 0 Å². The molecule has 1 N–H and O–H groups in total. The molecule has 0 aliphatic rings. The SMILES string of the molecule is CC(C)(C)c1ccc(N(c2ccc(-c3ccc(-c4cc(C(F)(F)F)[nH]n4)nc3)cc2)c2ccc(C(C)(C)C)cc2)cc1. The molecule has 2 aromatic heterocycles. The second kappa shape index (κ2) is 10.8. The second-order valence-electron chi connectivity index (χ2n) is 12.6. The third-order valence-corrected chi connectivity index (χ3v) is 7.35. The summed E-state index contributed by atoms with van der Waals surface area (Å²) < 4.78 is 38.8. The molecular formula is C35H35F3N4. The van der Waals surface area contributed by atoms with Gasteiger partial charge in [-0.2, -0.15) is 18.3 Å². The zero-order chi connectivity index (χ0) is 30.3. The number of rotatable bonds is 5. The van der Waals surface area contributed by atoms with Gasteiger partial charge in [0, 0.05) is 28.8 Å². The molecule has 0 amide bonds. The predicted octanol–water partition coefficient (Wildman–Crippen LogP) is 10.2. The zero-order valence-electron chi connectivity index (χ0n) is 24.7. The number of aromatic amines is 1. The fourth-order valence-electron chi connectivity index (χ4n) is 4.79. The minimum atomic E-state index is -4.48. The number of alkyl halides is 3. The van der Waals surface area contributed by atoms with Gasteiger partial charge in [0.25, 0.3) is 0 Å². The minimum absolute atomic E-state index is 0.0563. The average molecular weight is 569 g/mol. The number of halogens is 3. The predicted molar refractivity (Wildman–Crippen MR) is 164 cm³/mol. The molecule has 0 aliphatic carbocycles. The number of hydrogen-bond donors (Lipinski definition) is 1. The van der Waals surface area contributed by atoms with Crippen LogP contribution in [0.15, 0.2) is 97.2 Å². The van der Waals surface area contributed by atoms with Crippen molar-refractivity contribution in [2.24, 2.45) is 0 Å². The summed E-state index contributed by atoms with van der Waals surface area (Å²) in [4.78, 5) is 6.61. The number of hydrogen-bond acceptors (Lipinski definition) is 3. The van der Waals surface area contributed by atoms with Crippen LogP contribution >= 0.6 is 0 Å². The quantitative estimate of drug-likeness (QED) is 0.229. The maximum atomic E-state index is 12.9. The van der Waals surface area contributed by atoms with Crippen LogP contribution in [0.25, 0.3) is 22.5 Å². The molecule has 0 saturated heterocycles. The highest BCUT2D eigenvalue weighted by Crippen LogP contribution is 2.38. The van der Waals surface area contributed by atoms with E-state index in [9.17, 15) is 13.2 Å². The lowest BCUT2D eigenvalue weighted by atomic mass is 9.86. The van der Waals surface area contributed by atoms with Gasteiger partial charge in [0.2, 0.25) is 0 Å². The van der Waals surface area contributed by atoms with Gasteiger partial charge >= 0.3 is 6.18 Å². The van der Waals surface area contributed by atoms with E-state index in [0.717, 1.165) is 34.3 Å². The van der Waals surface area contributed by atoms with Crippen LogP contribution in [-0.4, -0.2) is 15.2 Å². The van der Waals surface area contributed by atoms with E-state index >= 15 is 0 Å². The average Bonchev–Trinajstić information content (AvgIpc) is 3.45. The summed E-state index contributed by atoms with van der Waals surface area (Å²) in [5.41, 5.74) is 7.19. The van der Waals surface area contributed by atoms with Crippen molar-refractivity contribution >= 4 is 17.1 Å². The van der Waals surface area contributed by atoms with E-state index < -0.39 is 11.9 Å². The molecule has 0 bridgehead atoms. The van der Waals surface area contributed by atoms with Crippen molar-refractivity contribution in [3.05, 3.63) is 114 Å². The fraction of sp³-hybridized carbons (Fsp3) is 0.257. The van der Waals surface area contributed by atoms with Crippen LogP contribution in [-0.2, 0) is 17.0 Å². The van der Waals surface area contributed by atoms with Gasteiger partial charge in [0.15, 0.2) is 0 Å². The van der Waals surface area contributed by atoms with E-state index in [-0.39, 0.29) is 16.5 Å². The molecule has 0 saturated carbocycles. The Hall–Kier alpha value is -4.39. The summed E-state index contributed by atoms with van der Waals surface area (Å²) in [6, 6.07) is 30.1. The summed E-state index contributed by atoms with van der Waals surface area (Å²) >= 11 is 0. The molecule has 0 radical (unpaired) electrons. The molecule has 7 heteroatoms. The highest BCUT2D eigenvalue weighted by atomic mass is 19.4. The first-order valence-corrected chi connectivity index (χ1v) is 13.9. The van der Waals surface area contributed by atoms with Crippen LogP contribution < -0.4 is 4.90 Å². The molecule has 3 aromatic carbocycles.